The van der Waals surface area contributed by atoms with Crippen LogP contribution in [0.5, 0.6) is 17.2 Å². The number of hydrogen-bond acceptors (Lipinski definition) is 6. The van der Waals surface area contributed by atoms with E-state index in [2.05, 4.69) is 5.32 Å². The maximum Gasteiger partial charge on any atom is 0.342 e. The molecule has 0 fully saturated rings. The van der Waals surface area contributed by atoms with E-state index in [0.29, 0.717) is 11.4 Å². The molecule has 2 rings (SSSR count). The number of rotatable bonds is 7. The largest absolute Gasteiger partial charge is 0.493 e. The average Bonchev–Trinajstić information content (AvgIpc) is 2.67. The van der Waals surface area contributed by atoms with Crippen molar-refractivity contribution in [1.82, 2.24) is 0 Å². The first kappa shape index (κ1) is 20.1. The molecule has 0 saturated carbocycles. The van der Waals surface area contributed by atoms with Gasteiger partial charge in [0.15, 0.2) is 18.1 Å². The lowest BCUT2D eigenvalue weighted by Gasteiger charge is -2.15. The highest BCUT2D eigenvalue weighted by molar-refractivity contribution is 5.97. The molecule has 7 heteroatoms. The van der Waals surface area contributed by atoms with Crippen molar-refractivity contribution >= 4 is 17.6 Å². The van der Waals surface area contributed by atoms with Crippen LogP contribution in [0.3, 0.4) is 0 Å². The van der Waals surface area contributed by atoms with Gasteiger partial charge in [0.05, 0.1) is 21.3 Å². The summed E-state index contributed by atoms with van der Waals surface area (Å²) in [6.45, 7) is 3.51. The summed E-state index contributed by atoms with van der Waals surface area (Å²) in [5.74, 6) is -0.280. The highest BCUT2D eigenvalue weighted by atomic mass is 16.5. The number of esters is 1. The van der Waals surface area contributed by atoms with Gasteiger partial charge in [0.1, 0.15) is 5.56 Å². The molecular weight excluding hydrogens is 350 g/mol. The molecule has 144 valence electrons. The van der Waals surface area contributed by atoms with E-state index in [1.807, 2.05) is 26.0 Å². The van der Waals surface area contributed by atoms with Gasteiger partial charge in [-0.1, -0.05) is 6.07 Å². The summed E-state index contributed by atoms with van der Waals surface area (Å²) in [6, 6.07) is 8.61. The Bertz CT molecular complexity index is 847. The van der Waals surface area contributed by atoms with Crippen LogP contribution in [0.15, 0.2) is 30.3 Å². The fourth-order valence-electron chi connectivity index (χ4n) is 2.49. The van der Waals surface area contributed by atoms with Gasteiger partial charge in [0.25, 0.3) is 5.91 Å². The Labute approximate surface area is 158 Å². The number of methoxy groups -OCH3 is 3. The Morgan fingerprint density at radius 1 is 0.889 bits per heavy atom. The zero-order valence-corrected chi connectivity index (χ0v) is 16.0. The molecule has 1 N–H and O–H groups in total. The number of ether oxygens (including phenoxy) is 4. The van der Waals surface area contributed by atoms with Crippen LogP contribution in [0.25, 0.3) is 0 Å². The van der Waals surface area contributed by atoms with Crippen molar-refractivity contribution in [3.8, 4) is 17.2 Å². The van der Waals surface area contributed by atoms with Gasteiger partial charge in [-0.2, -0.15) is 0 Å². The highest BCUT2D eigenvalue weighted by Gasteiger charge is 2.22. The van der Waals surface area contributed by atoms with E-state index in [9.17, 15) is 9.59 Å². The van der Waals surface area contributed by atoms with Crippen molar-refractivity contribution in [3.63, 3.8) is 0 Å². The van der Waals surface area contributed by atoms with Crippen molar-refractivity contribution in [1.29, 1.82) is 0 Å². The van der Waals surface area contributed by atoms with Crippen LogP contribution < -0.4 is 19.5 Å². The molecule has 2 aromatic rings. The van der Waals surface area contributed by atoms with Gasteiger partial charge in [-0.3, -0.25) is 4.79 Å². The molecule has 0 spiro atoms. The van der Waals surface area contributed by atoms with E-state index in [1.54, 1.807) is 12.1 Å². The molecule has 0 bridgehead atoms. The average molecular weight is 373 g/mol. The second kappa shape index (κ2) is 8.93. The molecular formula is C20H23NO6. The van der Waals surface area contributed by atoms with Crippen LogP contribution in [-0.4, -0.2) is 39.8 Å². The van der Waals surface area contributed by atoms with E-state index < -0.39 is 18.5 Å². The number of anilines is 1. The summed E-state index contributed by atoms with van der Waals surface area (Å²) in [5, 5.41) is 2.69. The monoisotopic (exact) mass is 373 g/mol. The van der Waals surface area contributed by atoms with Crippen LogP contribution in [0, 0.1) is 13.8 Å². The molecule has 0 radical (unpaired) electrons. The highest BCUT2D eigenvalue weighted by Crippen LogP contribution is 2.39. The topological polar surface area (TPSA) is 83.1 Å². The maximum absolute atomic E-state index is 12.4. The van der Waals surface area contributed by atoms with Crippen molar-refractivity contribution in [2.24, 2.45) is 0 Å². The molecule has 0 heterocycles. The predicted octanol–water partition coefficient (Wildman–Crippen LogP) is 3.12. The van der Waals surface area contributed by atoms with Crippen molar-refractivity contribution in [2.45, 2.75) is 13.8 Å². The summed E-state index contributed by atoms with van der Waals surface area (Å²) in [6.07, 6.45) is 0. The van der Waals surface area contributed by atoms with Crippen LogP contribution in [-0.2, 0) is 9.53 Å². The van der Waals surface area contributed by atoms with Crippen LogP contribution in [0.4, 0.5) is 5.69 Å². The van der Waals surface area contributed by atoms with E-state index in [1.165, 1.54) is 27.4 Å². The number of carbonyl (C=O) groups excluding carboxylic acids is 2. The fraction of sp³-hybridized carbons (Fsp3) is 0.300. The minimum absolute atomic E-state index is 0.133. The predicted molar refractivity (Wildman–Crippen MR) is 101 cm³/mol. The lowest BCUT2D eigenvalue weighted by Crippen LogP contribution is -2.21. The molecule has 0 aliphatic heterocycles. The Morgan fingerprint density at radius 3 is 2.19 bits per heavy atom. The number of amides is 1. The van der Waals surface area contributed by atoms with Gasteiger partial charge in [0, 0.05) is 5.69 Å². The third kappa shape index (κ3) is 4.69. The number of aryl methyl sites for hydroxylation is 2. The van der Waals surface area contributed by atoms with Crippen molar-refractivity contribution in [2.75, 3.05) is 33.3 Å². The molecule has 1 amide bonds. The Morgan fingerprint density at radius 2 is 1.59 bits per heavy atom. The van der Waals surface area contributed by atoms with Gasteiger partial charge in [-0.05, 0) is 49.2 Å². The third-order valence-corrected chi connectivity index (χ3v) is 4.05. The first-order valence-corrected chi connectivity index (χ1v) is 8.24. The molecule has 27 heavy (non-hydrogen) atoms. The zero-order valence-electron chi connectivity index (χ0n) is 16.0. The first-order chi connectivity index (χ1) is 12.9. The van der Waals surface area contributed by atoms with Crippen LogP contribution >= 0.6 is 0 Å². The number of hydrogen-bond donors (Lipinski definition) is 1. The molecule has 0 atom stereocenters. The van der Waals surface area contributed by atoms with Gasteiger partial charge >= 0.3 is 5.97 Å². The minimum atomic E-state index is -0.706. The molecule has 7 nitrogen and oxygen atoms in total. The number of benzene rings is 2. The van der Waals surface area contributed by atoms with Crippen molar-refractivity contribution in [3.05, 3.63) is 47.0 Å². The number of nitrogens with one attached hydrogen (secondary N) is 1. The smallest absolute Gasteiger partial charge is 0.342 e. The van der Waals surface area contributed by atoms with Crippen molar-refractivity contribution < 1.29 is 28.5 Å². The van der Waals surface area contributed by atoms with Gasteiger partial charge in [0.2, 0.25) is 5.75 Å². The second-order valence-electron chi connectivity index (χ2n) is 5.81. The van der Waals surface area contributed by atoms with E-state index in [0.717, 1.165) is 11.1 Å². The molecule has 2 aromatic carbocycles. The molecule has 0 aliphatic rings. The number of carbonyl (C=O) groups is 2. The summed E-state index contributed by atoms with van der Waals surface area (Å²) in [4.78, 5) is 24.4. The normalized spacial score (nSPS) is 10.1. The zero-order chi connectivity index (χ0) is 20.0. The minimum Gasteiger partial charge on any atom is -0.493 e. The van der Waals surface area contributed by atoms with E-state index in [4.69, 9.17) is 18.9 Å². The summed E-state index contributed by atoms with van der Waals surface area (Å²) in [7, 11) is 4.32. The van der Waals surface area contributed by atoms with Gasteiger partial charge in [-0.15, -0.1) is 0 Å². The molecule has 0 unspecified atom stereocenters. The van der Waals surface area contributed by atoms with E-state index >= 15 is 0 Å². The fourth-order valence-corrected chi connectivity index (χ4v) is 2.49. The second-order valence-corrected chi connectivity index (χ2v) is 5.81. The first-order valence-electron chi connectivity index (χ1n) is 8.24. The molecule has 0 aromatic heterocycles. The SMILES string of the molecule is COc1ccc(C(=O)OCC(=O)Nc2ccc(C)c(C)c2)c(OC)c1OC. The lowest BCUT2D eigenvalue weighted by molar-refractivity contribution is -0.119. The quantitative estimate of drug-likeness (QED) is 0.751. The van der Waals surface area contributed by atoms with E-state index in [-0.39, 0.29) is 17.1 Å². The maximum atomic E-state index is 12.4. The molecule has 0 saturated heterocycles. The van der Waals surface area contributed by atoms with Gasteiger partial charge in [-0.25, -0.2) is 4.79 Å². The van der Waals surface area contributed by atoms with Crippen LogP contribution in [0.2, 0.25) is 0 Å². The lowest BCUT2D eigenvalue weighted by atomic mass is 10.1. The standard InChI is InChI=1S/C20H23NO6/c1-12-6-7-14(10-13(12)2)21-17(22)11-27-20(23)15-8-9-16(24-3)19(26-5)18(15)25-4/h6-10H,11H2,1-5H3,(H,21,22). The Hall–Kier alpha value is -3.22. The summed E-state index contributed by atoms with van der Waals surface area (Å²) in [5.41, 5.74) is 2.96. The third-order valence-electron chi connectivity index (χ3n) is 4.05. The summed E-state index contributed by atoms with van der Waals surface area (Å²) >= 11 is 0. The summed E-state index contributed by atoms with van der Waals surface area (Å²) < 4.78 is 20.8. The van der Waals surface area contributed by atoms with Gasteiger partial charge < -0.3 is 24.3 Å². The molecule has 0 aliphatic carbocycles. The van der Waals surface area contributed by atoms with Crippen LogP contribution in [0.1, 0.15) is 21.5 Å². The Kier molecular flexibility index (Phi) is 6.65. The Balaban J connectivity index is 2.06.